The van der Waals surface area contributed by atoms with Gasteiger partial charge < -0.3 is 9.13 Å². The summed E-state index contributed by atoms with van der Waals surface area (Å²) in [6.07, 6.45) is 0. The van der Waals surface area contributed by atoms with Crippen LogP contribution in [0.2, 0.25) is 13.1 Å². The summed E-state index contributed by atoms with van der Waals surface area (Å²) < 4.78 is 18.9. The van der Waals surface area contributed by atoms with Crippen LogP contribution in [0.1, 0.15) is 0 Å². The van der Waals surface area contributed by atoms with E-state index in [1.807, 2.05) is 60.7 Å². The second-order valence-electron chi connectivity index (χ2n) is 20.7. The molecule has 1 unspecified atom stereocenters. The molecule has 11 aromatic carbocycles. The Morgan fingerprint density at radius 1 is 0.360 bits per heavy atom. The van der Waals surface area contributed by atoms with Crippen LogP contribution in [0.4, 0.5) is 17.1 Å². The standard InChI is InChI=1S/C69H56N2OPSi2/c1-71(52-27-13-5-14-28-52)68-45-39-55(73(72,53-29-15-6-16-30-53)54-31-17-7-18-32-54)47-64(68)65-49-60(42-46-69(65)71)74(2,3)59-40-43-66-62(48-59)63-50-61(41-44-67(63)70(66)51-25-11-4-12-26-51)75(56-33-19-8-20-34-56,57-35-21-9-22-36-57)58-37-23-10-24-38-58/h4-50H,1-3H3/q+1. The molecule has 0 saturated carbocycles. The molecule has 0 aliphatic carbocycles. The van der Waals surface area contributed by atoms with Gasteiger partial charge in [0.25, 0.3) is 0 Å². The number of fused-ring (bicyclic) bond motifs is 6. The third-order valence-corrected chi connectivity index (χ3v) is 27.7. The molecular weight excluding hydrogens is 960 g/mol. The van der Waals surface area contributed by atoms with Crippen LogP contribution >= 0.6 is 7.14 Å². The molecule has 3 nitrogen and oxygen atoms in total. The van der Waals surface area contributed by atoms with E-state index < -0.39 is 23.3 Å². The molecule has 0 fully saturated rings. The average Bonchev–Trinajstić information content (AvgIpc) is 4.04. The van der Waals surface area contributed by atoms with Gasteiger partial charge in [0.15, 0.2) is 26.6 Å². The summed E-state index contributed by atoms with van der Waals surface area (Å²) in [5.41, 5.74) is 9.43. The van der Waals surface area contributed by atoms with E-state index in [1.165, 1.54) is 75.6 Å². The predicted octanol–water partition coefficient (Wildman–Crippen LogP) is 12.2. The van der Waals surface area contributed by atoms with E-state index in [4.69, 9.17) is 0 Å². The first kappa shape index (κ1) is 46.6. The molecule has 360 valence electrons. The van der Waals surface area contributed by atoms with Gasteiger partial charge in [-0.3, -0.25) is 0 Å². The lowest BCUT2D eigenvalue weighted by molar-refractivity contribution is 0.592. The topological polar surface area (TPSA) is 22.0 Å². The third-order valence-electron chi connectivity index (χ3n) is 16.4. The third kappa shape index (κ3) is 7.29. The van der Waals surface area contributed by atoms with E-state index in [1.54, 1.807) is 0 Å². The smallest absolute Gasteiger partial charge is 0.179 e. The lowest BCUT2D eigenvalue weighted by Gasteiger charge is -2.34. The van der Waals surface area contributed by atoms with Gasteiger partial charge in [0.2, 0.25) is 0 Å². The Balaban J connectivity index is 1.01. The molecule has 0 radical (unpaired) electrons. The van der Waals surface area contributed by atoms with Crippen molar-refractivity contribution in [1.82, 2.24) is 9.05 Å². The van der Waals surface area contributed by atoms with Crippen LogP contribution in [0.25, 0.3) is 38.6 Å². The first-order chi connectivity index (χ1) is 36.7. The molecule has 0 bridgehead atoms. The molecule has 1 aliphatic rings. The van der Waals surface area contributed by atoms with E-state index >= 15 is 4.57 Å². The highest BCUT2D eigenvalue weighted by Crippen LogP contribution is 2.57. The highest BCUT2D eigenvalue weighted by molar-refractivity contribution is 7.85. The molecule has 2 heterocycles. The highest BCUT2D eigenvalue weighted by Gasteiger charge is 2.45. The number of rotatable bonds is 11. The van der Waals surface area contributed by atoms with Gasteiger partial charge in [0.05, 0.1) is 23.6 Å². The summed E-state index contributed by atoms with van der Waals surface area (Å²) in [5, 5.41) is 13.2. The SMILES string of the molecule is C[N+]1(c2ccccc2)c2ccc([Si](C)(C)c3ccc4c(c3)c3cc([Si](c5ccccc5)(c5ccccc5)c5ccccc5)ccc3n4-c3ccccc3)cc2-c2cc(P(=O)(c3ccccc3)c3ccccc3)ccc21. The Kier molecular flexibility index (Phi) is 11.4. The molecule has 0 saturated heterocycles. The van der Waals surface area contributed by atoms with Crippen LogP contribution in [-0.4, -0.2) is 27.8 Å². The van der Waals surface area contributed by atoms with Crippen molar-refractivity contribution in [2.24, 2.45) is 0 Å². The molecule has 1 atom stereocenters. The molecule has 75 heavy (non-hydrogen) atoms. The Bertz CT molecular complexity index is 3970. The van der Waals surface area contributed by atoms with Gasteiger partial charge in [-0.25, -0.2) is 4.48 Å². The van der Waals surface area contributed by atoms with Gasteiger partial charge in [0, 0.05) is 50.1 Å². The van der Waals surface area contributed by atoms with Crippen molar-refractivity contribution in [3.8, 4) is 16.8 Å². The molecule has 13 rings (SSSR count). The Morgan fingerprint density at radius 2 is 0.747 bits per heavy atom. The summed E-state index contributed by atoms with van der Waals surface area (Å²) in [4.78, 5) is 0. The van der Waals surface area contributed by atoms with Crippen LogP contribution in [-0.2, 0) is 4.57 Å². The molecule has 0 spiro atoms. The van der Waals surface area contributed by atoms with Crippen molar-refractivity contribution in [3.05, 3.63) is 285 Å². The fraction of sp³-hybridized carbons (Fsp3) is 0.0435. The van der Waals surface area contributed by atoms with Crippen LogP contribution in [0, 0.1) is 0 Å². The zero-order valence-corrected chi connectivity index (χ0v) is 45.3. The summed E-state index contributed by atoms with van der Waals surface area (Å²) in [6, 6.07) is 104. The summed E-state index contributed by atoms with van der Waals surface area (Å²) >= 11 is 0. The van der Waals surface area contributed by atoms with Crippen molar-refractivity contribution < 1.29 is 4.57 Å². The number of hydrogen-bond donors (Lipinski definition) is 0. The van der Waals surface area contributed by atoms with Gasteiger partial charge in [-0.1, -0.05) is 242 Å². The number of quaternary nitrogens is 1. The minimum Gasteiger partial charge on any atom is -0.309 e. The maximum atomic E-state index is 16.0. The first-order valence-corrected chi connectivity index (χ1v) is 32.7. The maximum absolute atomic E-state index is 16.0. The van der Waals surface area contributed by atoms with E-state index in [0.717, 1.165) is 27.2 Å². The van der Waals surface area contributed by atoms with Gasteiger partial charge in [-0.15, -0.1) is 0 Å². The molecule has 12 aromatic rings. The van der Waals surface area contributed by atoms with E-state index in [0.29, 0.717) is 4.48 Å². The van der Waals surface area contributed by atoms with Crippen molar-refractivity contribution in [1.29, 1.82) is 0 Å². The quantitative estimate of drug-likeness (QED) is 0.0548. The first-order valence-electron chi connectivity index (χ1n) is 26.0. The predicted molar refractivity (Wildman–Crippen MR) is 326 cm³/mol. The highest BCUT2D eigenvalue weighted by atomic mass is 31.2. The molecule has 0 amide bonds. The number of benzene rings is 11. The lowest BCUT2D eigenvalue weighted by atomic mass is 10.1. The van der Waals surface area contributed by atoms with Gasteiger partial charge in [0.1, 0.15) is 13.8 Å². The number of nitrogens with zero attached hydrogens (tertiary/aromatic N) is 2. The molecular formula is C69H56N2OPSi2+. The number of para-hydroxylation sites is 2. The van der Waals surface area contributed by atoms with Crippen molar-refractivity contribution in [3.63, 3.8) is 0 Å². The van der Waals surface area contributed by atoms with E-state index in [9.17, 15) is 0 Å². The number of hydrogen-bond acceptors (Lipinski definition) is 1. The largest absolute Gasteiger partial charge is 0.309 e. The second-order valence-corrected chi connectivity index (χ2v) is 31.6. The number of aromatic nitrogens is 1. The summed E-state index contributed by atoms with van der Waals surface area (Å²) in [5.74, 6) is 0. The van der Waals surface area contributed by atoms with Crippen molar-refractivity contribution in [2.75, 3.05) is 7.05 Å². The molecule has 1 aromatic heterocycles. The van der Waals surface area contributed by atoms with Gasteiger partial charge in [-0.2, -0.15) is 0 Å². The molecule has 1 aliphatic heterocycles. The van der Waals surface area contributed by atoms with Crippen LogP contribution < -0.4 is 51.5 Å². The van der Waals surface area contributed by atoms with E-state index in [-0.39, 0.29) is 0 Å². The average molecular weight is 1020 g/mol. The minimum atomic E-state index is -3.26. The van der Waals surface area contributed by atoms with Crippen LogP contribution in [0.15, 0.2) is 285 Å². The maximum Gasteiger partial charge on any atom is 0.179 e. The normalized spacial score (nSPS) is 14.4. The lowest BCUT2D eigenvalue weighted by Crippen LogP contribution is -2.74. The van der Waals surface area contributed by atoms with Crippen LogP contribution in [0.5, 0.6) is 0 Å². The van der Waals surface area contributed by atoms with Crippen molar-refractivity contribution >= 4 is 109 Å². The Hall–Kier alpha value is -8.16. The zero-order valence-electron chi connectivity index (χ0n) is 42.4. The summed E-state index contributed by atoms with van der Waals surface area (Å²) in [7, 11) is -6.22. The monoisotopic (exact) mass is 1020 g/mol. The fourth-order valence-electron chi connectivity index (χ4n) is 12.4. The fourth-order valence-corrected chi connectivity index (χ4v) is 22.2. The second kappa shape index (κ2) is 18.3. The Morgan fingerprint density at radius 3 is 1.25 bits per heavy atom. The van der Waals surface area contributed by atoms with Gasteiger partial charge >= 0.3 is 0 Å². The zero-order chi connectivity index (χ0) is 50.8. The molecule has 0 N–H and O–H groups in total. The summed E-state index contributed by atoms with van der Waals surface area (Å²) in [6.45, 7) is 5.01. The van der Waals surface area contributed by atoms with Crippen LogP contribution in [0.3, 0.4) is 0 Å². The molecule has 6 heteroatoms. The Labute approximate surface area is 442 Å². The minimum absolute atomic E-state index is 0.516. The van der Waals surface area contributed by atoms with E-state index in [2.05, 4.69) is 249 Å². The van der Waals surface area contributed by atoms with Crippen molar-refractivity contribution in [2.45, 2.75) is 13.1 Å². The van der Waals surface area contributed by atoms with Gasteiger partial charge in [-0.05, 0) is 75.3 Å².